The van der Waals surface area contributed by atoms with Crippen molar-refractivity contribution in [2.75, 3.05) is 11.5 Å². The maximum Gasteiger partial charge on any atom is 0.290 e. The minimum atomic E-state index is -3.17. The van der Waals surface area contributed by atoms with Crippen molar-refractivity contribution in [2.24, 2.45) is 0 Å². The van der Waals surface area contributed by atoms with E-state index < -0.39 is 21.8 Å². The van der Waals surface area contributed by atoms with Gasteiger partial charge in [-0.3, -0.25) is 9.59 Å². The van der Waals surface area contributed by atoms with E-state index in [1.165, 1.54) is 22.3 Å². The highest BCUT2D eigenvalue weighted by Gasteiger charge is 2.36. The van der Waals surface area contributed by atoms with Gasteiger partial charge in [0.1, 0.15) is 5.58 Å². The van der Waals surface area contributed by atoms with Gasteiger partial charge in [-0.2, -0.15) is 0 Å². The van der Waals surface area contributed by atoms with E-state index >= 15 is 0 Å². The first-order valence-corrected chi connectivity index (χ1v) is 12.0. The minimum absolute atomic E-state index is 0.0599. The molecular formula is C21H21NO5S2. The molecule has 4 rings (SSSR count). The van der Waals surface area contributed by atoms with Crippen molar-refractivity contribution in [1.29, 1.82) is 0 Å². The van der Waals surface area contributed by atoms with Gasteiger partial charge in [0.25, 0.3) is 5.91 Å². The lowest BCUT2D eigenvalue weighted by Crippen LogP contribution is -2.40. The van der Waals surface area contributed by atoms with Crippen LogP contribution >= 0.6 is 11.3 Å². The molecule has 29 heavy (non-hydrogen) atoms. The lowest BCUT2D eigenvalue weighted by Gasteiger charge is -2.27. The molecule has 0 saturated carbocycles. The highest BCUT2D eigenvalue weighted by molar-refractivity contribution is 7.91. The molecule has 3 heterocycles. The van der Waals surface area contributed by atoms with Gasteiger partial charge in [0.15, 0.2) is 21.0 Å². The van der Waals surface area contributed by atoms with Crippen LogP contribution in [0.15, 0.2) is 44.9 Å². The van der Waals surface area contributed by atoms with Gasteiger partial charge in [0, 0.05) is 17.0 Å². The highest BCUT2D eigenvalue weighted by Crippen LogP contribution is 2.25. The number of rotatable bonds is 4. The number of aryl methyl sites for hydroxylation is 2. The SMILES string of the molecule is Cc1cc(C)c2oc(C(=O)N(Cc3cccs3)[C@H]3CCS(=O)(=O)C3)cc(=O)c2c1. The molecule has 6 nitrogen and oxygen atoms in total. The van der Waals surface area contributed by atoms with E-state index in [4.69, 9.17) is 4.42 Å². The number of hydrogen-bond acceptors (Lipinski definition) is 6. The van der Waals surface area contributed by atoms with Gasteiger partial charge in [0.05, 0.1) is 23.4 Å². The summed E-state index contributed by atoms with van der Waals surface area (Å²) in [5.74, 6) is -0.527. The van der Waals surface area contributed by atoms with Crippen molar-refractivity contribution in [3.63, 3.8) is 0 Å². The van der Waals surface area contributed by atoms with E-state index in [1.54, 1.807) is 6.07 Å². The van der Waals surface area contributed by atoms with Gasteiger partial charge in [-0.1, -0.05) is 12.1 Å². The first kappa shape index (κ1) is 19.8. The standard InChI is InChI=1S/C21H21NO5S2/c1-13-8-14(2)20-17(9-13)18(23)10-19(27-20)21(24)22(11-16-4-3-6-28-16)15-5-7-29(25,26)12-15/h3-4,6,8-10,15H,5,7,11-12H2,1-2H3/t15-/m0/s1. The van der Waals surface area contributed by atoms with E-state index in [0.717, 1.165) is 16.0 Å². The summed E-state index contributed by atoms with van der Waals surface area (Å²) in [7, 11) is -3.17. The van der Waals surface area contributed by atoms with Gasteiger partial charge in [-0.25, -0.2) is 8.42 Å². The third-order valence-corrected chi connectivity index (χ3v) is 7.80. The fraction of sp³-hybridized carbons (Fsp3) is 0.333. The number of nitrogens with zero attached hydrogens (tertiary/aromatic N) is 1. The molecule has 0 spiro atoms. The van der Waals surface area contributed by atoms with Crippen molar-refractivity contribution in [3.8, 4) is 0 Å². The molecular weight excluding hydrogens is 410 g/mol. The third kappa shape index (κ3) is 4.00. The van der Waals surface area contributed by atoms with E-state index in [-0.39, 0.29) is 29.2 Å². The number of fused-ring (bicyclic) bond motifs is 1. The zero-order valence-corrected chi connectivity index (χ0v) is 17.8. The molecule has 8 heteroatoms. The van der Waals surface area contributed by atoms with Crippen LogP contribution in [0.25, 0.3) is 11.0 Å². The van der Waals surface area contributed by atoms with E-state index in [2.05, 4.69) is 0 Å². The molecule has 1 aromatic carbocycles. The largest absolute Gasteiger partial charge is 0.450 e. The van der Waals surface area contributed by atoms with Crippen LogP contribution in [0.5, 0.6) is 0 Å². The first-order chi connectivity index (χ1) is 13.7. The normalized spacial score (nSPS) is 18.2. The number of carbonyl (C=O) groups excluding carboxylic acids is 1. The summed E-state index contributed by atoms with van der Waals surface area (Å²) in [6.07, 6.45) is 0.384. The van der Waals surface area contributed by atoms with Gasteiger partial charge < -0.3 is 9.32 Å². The summed E-state index contributed by atoms with van der Waals surface area (Å²) in [5.41, 5.74) is 1.83. The Hall–Kier alpha value is -2.45. The van der Waals surface area contributed by atoms with Crippen LogP contribution in [-0.4, -0.2) is 36.8 Å². The highest BCUT2D eigenvalue weighted by atomic mass is 32.2. The average molecular weight is 432 g/mol. The Kier molecular flexibility index (Phi) is 5.08. The zero-order chi connectivity index (χ0) is 20.8. The minimum Gasteiger partial charge on any atom is -0.450 e. The molecule has 1 aliphatic rings. The number of amides is 1. The van der Waals surface area contributed by atoms with E-state index in [0.29, 0.717) is 17.4 Å². The molecule has 152 valence electrons. The maximum absolute atomic E-state index is 13.3. The van der Waals surface area contributed by atoms with Crippen LogP contribution < -0.4 is 5.43 Å². The molecule has 2 aromatic heterocycles. The van der Waals surface area contributed by atoms with Crippen molar-refractivity contribution < 1.29 is 17.6 Å². The Labute approximate surface area is 172 Å². The zero-order valence-electron chi connectivity index (χ0n) is 16.2. The average Bonchev–Trinajstić information content (AvgIpc) is 3.29. The molecule has 1 atom stereocenters. The fourth-order valence-electron chi connectivity index (χ4n) is 3.81. The second-order valence-corrected chi connectivity index (χ2v) is 10.8. The number of carbonyl (C=O) groups is 1. The number of thiophene rings is 1. The smallest absolute Gasteiger partial charge is 0.290 e. The molecule has 1 saturated heterocycles. The van der Waals surface area contributed by atoms with Gasteiger partial charge in [0.2, 0.25) is 0 Å². The Morgan fingerprint density at radius 2 is 2.07 bits per heavy atom. The number of hydrogen-bond donors (Lipinski definition) is 0. The lowest BCUT2D eigenvalue weighted by molar-refractivity contribution is 0.0651. The van der Waals surface area contributed by atoms with E-state index in [9.17, 15) is 18.0 Å². The fourth-order valence-corrected chi connectivity index (χ4v) is 6.25. The molecule has 3 aromatic rings. The van der Waals surface area contributed by atoms with Crippen molar-refractivity contribution in [2.45, 2.75) is 32.9 Å². The van der Waals surface area contributed by atoms with Crippen molar-refractivity contribution in [3.05, 3.63) is 67.7 Å². The molecule has 0 N–H and O–H groups in total. The van der Waals surface area contributed by atoms with Gasteiger partial charge in [-0.15, -0.1) is 11.3 Å². The predicted octanol–water partition coefficient (Wildman–Crippen LogP) is 3.30. The number of sulfone groups is 1. The second kappa shape index (κ2) is 7.42. The van der Waals surface area contributed by atoms with Crippen LogP contribution in [0.2, 0.25) is 0 Å². The second-order valence-electron chi connectivity index (χ2n) is 7.50. The molecule has 0 bridgehead atoms. The van der Waals surface area contributed by atoms with Crippen molar-refractivity contribution >= 4 is 38.1 Å². The molecule has 1 fully saturated rings. The Bertz CT molecular complexity index is 1240. The first-order valence-electron chi connectivity index (χ1n) is 9.32. The third-order valence-electron chi connectivity index (χ3n) is 5.19. The Morgan fingerprint density at radius 3 is 2.72 bits per heavy atom. The summed E-state index contributed by atoms with van der Waals surface area (Å²) in [6, 6.07) is 8.21. The molecule has 0 unspecified atom stereocenters. The van der Waals surface area contributed by atoms with E-state index in [1.807, 2.05) is 37.4 Å². The molecule has 0 radical (unpaired) electrons. The quantitative estimate of drug-likeness (QED) is 0.633. The van der Waals surface area contributed by atoms with Crippen molar-refractivity contribution in [1.82, 2.24) is 4.90 Å². The number of benzene rings is 1. The Morgan fingerprint density at radius 1 is 1.28 bits per heavy atom. The summed E-state index contributed by atoms with van der Waals surface area (Å²) < 4.78 is 29.9. The summed E-state index contributed by atoms with van der Waals surface area (Å²) >= 11 is 1.50. The topological polar surface area (TPSA) is 84.7 Å². The van der Waals surface area contributed by atoms with Gasteiger partial charge in [-0.05, 0) is 48.9 Å². The summed E-state index contributed by atoms with van der Waals surface area (Å²) in [5, 5.41) is 2.35. The van der Waals surface area contributed by atoms with Crippen LogP contribution in [0.1, 0.15) is 33.0 Å². The monoisotopic (exact) mass is 431 g/mol. The van der Waals surface area contributed by atoms with Crippen LogP contribution in [0.3, 0.4) is 0 Å². The summed E-state index contributed by atoms with van der Waals surface area (Å²) in [4.78, 5) is 28.5. The van der Waals surface area contributed by atoms with Crippen LogP contribution in [0, 0.1) is 13.8 Å². The molecule has 1 amide bonds. The van der Waals surface area contributed by atoms with Gasteiger partial charge >= 0.3 is 0 Å². The summed E-state index contributed by atoms with van der Waals surface area (Å²) in [6.45, 7) is 4.01. The molecule has 0 aliphatic carbocycles. The lowest BCUT2D eigenvalue weighted by atomic mass is 10.1. The molecule has 1 aliphatic heterocycles. The van der Waals surface area contributed by atoms with Crippen LogP contribution in [0.4, 0.5) is 0 Å². The predicted molar refractivity (Wildman–Crippen MR) is 113 cm³/mol. The Balaban J connectivity index is 1.77. The van der Waals surface area contributed by atoms with Crippen LogP contribution in [-0.2, 0) is 16.4 Å². The maximum atomic E-state index is 13.3.